The van der Waals surface area contributed by atoms with Crippen molar-refractivity contribution < 1.29 is 4.79 Å². The average molecular weight is 357 g/mol. The zero-order chi connectivity index (χ0) is 18.7. The van der Waals surface area contributed by atoms with E-state index in [4.69, 9.17) is 0 Å². The molecule has 0 unspecified atom stereocenters. The minimum absolute atomic E-state index is 0.137. The van der Waals surface area contributed by atoms with Gasteiger partial charge in [-0.05, 0) is 66.4 Å². The van der Waals surface area contributed by atoms with Gasteiger partial charge < -0.3 is 0 Å². The molecule has 0 aliphatic carbocycles. The third kappa shape index (κ3) is 9.50. The van der Waals surface area contributed by atoms with Gasteiger partial charge in [-0.25, -0.2) is 0 Å². The minimum Gasteiger partial charge on any atom is -0.294 e. The fraction of sp³-hybridized carbons (Fsp3) is 0.435. The first-order valence-electron chi connectivity index (χ1n) is 9.07. The Labute approximate surface area is 158 Å². The lowest BCUT2D eigenvalue weighted by molar-refractivity contribution is 0.101. The largest absolute Gasteiger partial charge is 0.294 e. The molecule has 136 valence electrons. The Morgan fingerprint density at radius 2 is 1.48 bits per heavy atom. The van der Waals surface area contributed by atoms with Gasteiger partial charge in [-0.3, -0.25) is 4.79 Å². The van der Waals surface area contributed by atoms with Crippen LogP contribution in [0.4, 0.5) is 0 Å². The predicted molar refractivity (Wildman–Crippen MR) is 113 cm³/mol. The Kier molecular flexibility index (Phi) is 10.3. The molecule has 1 aromatic carbocycles. The van der Waals surface area contributed by atoms with Crippen LogP contribution in [0.5, 0.6) is 0 Å². The lowest BCUT2D eigenvalue weighted by Crippen LogP contribution is -1.94. The van der Waals surface area contributed by atoms with Crippen LogP contribution in [0, 0.1) is 0 Å². The Hall–Kier alpha value is -1.54. The molecule has 1 rings (SSSR count). The fourth-order valence-corrected chi connectivity index (χ4v) is 3.59. The lowest BCUT2D eigenvalue weighted by atomic mass is 10.1. The quantitative estimate of drug-likeness (QED) is 0.247. The molecule has 25 heavy (non-hydrogen) atoms. The van der Waals surface area contributed by atoms with Crippen LogP contribution in [0.1, 0.15) is 70.7 Å². The molecule has 0 amide bonds. The van der Waals surface area contributed by atoms with Crippen molar-refractivity contribution in [1.82, 2.24) is 0 Å². The highest BCUT2D eigenvalue weighted by Crippen LogP contribution is 2.23. The van der Waals surface area contributed by atoms with Crippen molar-refractivity contribution in [3.8, 4) is 0 Å². The van der Waals surface area contributed by atoms with Crippen molar-refractivity contribution >= 4 is 17.5 Å². The van der Waals surface area contributed by atoms with E-state index in [-0.39, 0.29) is 5.78 Å². The molecule has 2 heteroatoms. The van der Waals surface area contributed by atoms with Crippen LogP contribution in [0.25, 0.3) is 0 Å². The molecule has 0 saturated heterocycles. The highest BCUT2D eigenvalue weighted by atomic mass is 32.2. The van der Waals surface area contributed by atoms with Crippen LogP contribution in [0.3, 0.4) is 0 Å². The second-order valence-electron chi connectivity index (χ2n) is 6.82. The Morgan fingerprint density at radius 3 is 2.12 bits per heavy atom. The third-order valence-corrected chi connectivity index (χ3v) is 5.06. The van der Waals surface area contributed by atoms with Crippen molar-refractivity contribution in [1.29, 1.82) is 0 Å². The molecular weight excluding hydrogens is 324 g/mol. The molecule has 0 saturated carbocycles. The van der Waals surface area contributed by atoms with E-state index in [1.807, 2.05) is 24.3 Å². The van der Waals surface area contributed by atoms with Crippen molar-refractivity contribution in [3.05, 3.63) is 64.8 Å². The number of allylic oxidation sites excluding steroid dienone is 5. The molecule has 0 N–H and O–H groups in total. The molecule has 0 heterocycles. The van der Waals surface area contributed by atoms with Gasteiger partial charge in [0.15, 0.2) is 5.78 Å². The minimum atomic E-state index is 0.137. The fourth-order valence-electron chi connectivity index (χ4n) is 2.50. The van der Waals surface area contributed by atoms with E-state index in [0.717, 1.165) is 41.9 Å². The van der Waals surface area contributed by atoms with Crippen LogP contribution < -0.4 is 0 Å². The monoisotopic (exact) mass is 356 g/mol. The molecule has 1 nitrogen and oxygen atoms in total. The van der Waals surface area contributed by atoms with E-state index in [1.165, 1.54) is 16.7 Å². The van der Waals surface area contributed by atoms with Crippen molar-refractivity contribution in [2.75, 3.05) is 5.75 Å². The number of thioether (sulfide) groups is 1. The van der Waals surface area contributed by atoms with Gasteiger partial charge in [-0.15, -0.1) is 11.8 Å². The van der Waals surface area contributed by atoms with Gasteiger partial charge in [0.1, 0.15) is 0 Å². The Balaban J connectivity index is 2.39. The molecule has 0 radical (unpaired) electrons. The van der Waals surface area contributed by atoms with E-state index in [2.05, 4.69) is 45.9 Å². The zero-order valence-electron chi connectivity index (χ0n) is 16.4. The summed E-state index contributed by atoms with van der Waals surface area (Å²) in [5.74, 6) is 1.05. The molecule has 0 aliphatic heterocycles. The van der Waals surface area contributed by atoms with Crippen LogP contribution in [0.2, 0.25) is 0 Å². The number of carbonyl (C=O) groups is 1. The first kappa shape index (κ1) is 21.5. The number of rotatable bonds is 10. The second-order valence-corrected chi connectivity index (χ2v) is 7.88. The average Bonchev–Trinajstić information content (AvgIpc) is 2.54. The van der Waals surface area contributed by atoms with Crippen LogP contribution in [0.15, 0.2) is 64.1 Å². The highest BCUT2D eigenvalue weighted by molar-refractivity contribution is 7.99. The lowest BCUT2D eigenvalue weighted by Gasteiger charge is -2.05. The number of ketones is 1. The van der Waals surface area contributed by atoms with Gasteiger partial charge in [0.2, 0.25) is 0 Å². The molecular formula is C23H32OS. The highest BCUT2D eigenvalue weighted by Gasteiger charge is 2.05. The van der Waals surface area contributed by atoms with Gasteiger partial charge in [-0.2, -0.15) is 0 Å². The van der Waals surface area contributed by atoms with E-state index < -0.39 is 0 Å². The van der Waals surface area contributed by atoms with Gasteiger partial charge >= 0.3 is 0 Å². The predicted octanol–water partition coefficient (Wildman–Crippen LogP) is 7.40. The normalized spacial score (nSPS) is 12.2. The maximum Gasteiger partial charge on any atom is 0.160 e. The van der Waals surface area contributed by atoms with Crippen LogP contribution in [-0.4, -0.2) is 11.5 Å². The van der Waals surface area contributed by atoms with Gasteiger partial charge in [0, 0.05) is 16.2 Å². The summed E-state index contributed by atoms with van der Waals surface area (Å²) in [5.41, 5.74) is 5.13. The summed E-state index contributed by atoms with van der Waals surface area (Å²) in [6.07, 6.45) is 11.5. The van der Waals surface area contributed by atoms with E-state index >= 15 is 0 Å². The maximum absolute atomic E-state index is 11.6. The van der Waals surface area contributed by atoms with Crippen LogP contribution in [-0.2, 0) is 0 Å². The second kappa shape index (κ2) is 11.9. The number of hydrogen-bond donors (Lipinski definition) is 0. The summed E-state index contributed by atoms with van der Waals surface area (Å²) in [4.78, 5) is 12.7. The van der Waals surface area contributed by atoms with Crippen molar-refractivity contribution in [2.24, 2.45) is 0 Å². The Bertz CT molecular complexity index is 646. The van der Waals surface area contributed by atoms with Gasteiger partial charge in [0.05, 0.1) is 0 Å². The van der Waals surface area contributed by atoms with E-state index in [1.54, 1.807) is 18.7 Å². The molecule has 0 atom stereocenters. The van der Waals surface area contributed by atoms with E-state index in [0.29, 0.717) is 0 Å². The Morgan fingerprint density at radius 1 is 0.880 bits per heavy atom. The standard InChI is InChI=1S/C23H32OS/c1-18(2)10-8-11-19(3)12-9-13-20(4)16-17-25-23-15-7-6-14-22(23)21(5)24/h6-7,10,12,14-16H,8-9,11,13,17H2,1-5H3/b19-12+,20-16+. The molecule has 0 aromatic heterocycles. The maximum atomic E-state index is 11.6. The van der Waals surface area contributed by atoms with Gasteiger partial charge in [-0.1, -0.05) is 53.1 Å². The molecule has 1 aromatic rings. The van der Waals surface area contributed by atoms with Crippen molar-refractivity contribution in [3.63, 3.8) is 0 Å². The number of hydrogen-bond acceptors (Lipinski definition) is 2. The van der Waals surface area contributed by atoms with E-state index in [9.17, 15) is 4.79 Å². The summed E-state index contributed by atoms with van der Waals surface area (Å²) in [6, 6.07) is 7.86. The third-order valence-electron chi connectivity index (χ3n) is 4.06. The summed E-state index contributed by atoms with van der Waals surface area (Å²) < 4.78 is 0. The summed E-state index contributed by atoms with van der Waals surface area (Å²) in [7, 11) is 0. The summed E-state index contributed by atoms with van der Waals surface area (Å²) in [6.45, 7) is 10.4. The SMILES string of the molecule is CC(=O)c1ccccc1SC/C=C(\C)CC/C=C(\C)CCC=C(C)C. The topological polar surface area (TPSA) is 17.1 Å². The smallest absolute Gasteiger partial charge is 0.160 e. The zero-order valence-corrected chi connectivity index (χ0v) is 17.2. The molecule has 0 bridgehead atoms. The van der Waals surface area contributed by atoms with Gasteiger partial charge in [0.25, 0.3) is 0 Å². The van der Waals surface area contributed by atoms with Crippen molar-refractivity contribution in [2.45, 2.75) is 65.2 Å². The number of Topliss-reactive ketones (excluding diaryl/α,β-unsaturated/α-hetero) is 1. The number of benzene rings is 1. The number of carbonyl (C=O) groups excluding carboxylic acids is 1. The summed E-state index contributed by atoms with van der Waals surface area (Å²) >= 11 is 1.74. The van der Waals surface area contributed by atoms with Crippen LogP contribution >= 0.6 is 11.8 Å². The molecule has 0 aliphatic rings. The first-order chi connectivity index (χ1) is 11.9. The molecule has 0 fully saturated rings. The first-order valence-corrected chi connectivity index (χ1v) is 10.1. The summed E-state index contributed by atoms with van der Waals surface area (Å²) in [5, 5.41) is 0. The molecule has 0 spiro atoms.